The zero-order valence-corrected chi connectivity index (χ0v) is 17.1. The number of pyridine rings is 2. The summed E-state index contributed by atoms with van der Waals surface area (Å²) in [5.74, 6) is -0.410. The predicted molar refractivity (Wildman–Crippen MR) is 119 cm³/mol. The molecule has 2 aromatic heterocycles. The lowest BCUT2D eigenvalue weighted by Crippen LogP contribution is -2.35. The van der Waals surface area contributed by atoms with Crippen LogP contribution in [0.4, 0.5) is 0 Å². The zero-order valence-electron chi connectivity index (χ0n) is 16.4. The maximum atomic E-state index is 13.2. The third-order valence-corrected chi connectivity index (χ3v) is 5.25. The van der Waals surface area contributed by atoms with Gasteiger partial charge in [-0.3, -0.25) is 14.2 Å². The Morgan fingerprint density at radius 1 is 1.07 bits per heavy atom. The van der Waals surface area contributed by atoms with E-state index in [-0.39, 0.29) is 17.2 Å². The first-order chi connectivity index (χ1) is 14.5. The number of rotatable bonds is 5. The van der Waals surface area contributed by atoms with Crippen LogP contribution in [-0.4, -0.2) is 15.5 Å². The second kappa shape index (κ2) is 8.51. The second-order valence-electron chi connectivity index (χ2n) is 7.10. The molecule has 1 N–H and O–H groups in total. The lowest BCUT2D eigenvalue weighted by molar-refractivity contribution is 0.0938. The number of nitrogens with zero attached hydrogens (tertiary/aromatic N) is 2. The van der Waals surface area contributed by atoms with Crippen molar-refractivity contribution in [2.75, 3.05) is 0 Å². The highest BCUT2D eigenvalue weighted by atomic mass is 35.5. The third-order valence-electron chi connectivity index (χ3n) is 4.99. The molecule has 150 valence electrons. The molecule has 0 saturated carbocycles. The number of hydrogen-bond donors (Lipinski definition) is 1. The number of hydrogen-bond acceptors (Lipinski definition) is 3. The van der Waals surface area contributed by atoms with E-state index in [2.05, 4.69) is 10.3 Å². The molecule has 5 nitrogen and oxygen atoms in total. The molecule has 6 heteroatoms. The summed E-state index contributed by atoms with van der Waals surface area (Å²) in [6, 6.07) is 21.9. The molecular formula is C24H20ClN3O2. The molecule has 2 aromatic carbocycles. The molecule has 0 aliphatic carbocycles. The van der Waals surface area contributed by atoms with Gasteiger partial charge in [0.15, 0.2) is 0 Å². The SMILES string of the molecule is C[C@@H](NC(=O)c1cc2cccnc2n(Cc2ccc(Cl)cc2)c1=O)c1ccccc1. The number of fused-ring (bicyclic) bond motifs is 1. The number of amides is 1. The lowest BCUT2D eigenvalue weighted by Gasteiger charge is -2.16. The highest BCUT2D eigenvalue weighted by molar-refractivity contribution is 6.30. The number of nitrogens with one attached hydrogen (secondary N) is 1. The summed E-state index contributed by atoms with van der Waals surface area (Å²) >= 11 is 5.97. The second-order valence-corrected chi connectivity index (χ2v) is 7.53. The van der Waals surface area contributed by atoms with E-state index < -0.39 is 5.91 Å². The smallest absolute Gasteiger partial charge is 0.265 e. The van der Waals surface area contributed by atoms with Gasteiger partial charge in [-0.1, -0.05) is 54.1 Å². The van der Waals surface area contributed by atoms with Crippen molar-refractivity contribution in [1.29, 1.82) is 0 Å². The first kappa shape index (κ1) is 19.9. The van der Waals surface area contributed by atoms with E-state index in [4.69, 9.17) is 11.6 Å². The van der Waals surface area contributed by atoms with Crippen LogP contribution in [0.2, 0.25) is 5.02 Å². The number of carbonyl (C=O) groups excluding carboxylic acids is 1. The van der Waals surface area contributed by atoms with Gasteiger partial charge in [0.1, 0.15) is 11.2 Å². The Morgan fingerprint density at radius 2 is 1.80 bits per heavy atom. The molecule has 2 heterocycles. The van der Waals surface area contributed by atoms with E-state index in [1.54, 1.807) is 30.5 Å². The fraction of sp³-hybridized carbons (Fsp3) is 0.125. The molecule has 1 amide bonds. The van der Waals surface area contributed by atoms with Gasteiger partial charge in [-0.25, -0.2) is 4.98 Å². The van der Waals surface area contributed by atoms with Crippen LogP contribution in [0.3, 0.4) is 0 Å². The molecule has 0 fully saturated rings. The van der Waals surface area contributed by atoms with E-state index in [9.17, 15) is 9.59 Å². The molecule has 0 radical (unpaired) electrons. The Morgan fingerprint density at radius 3 is 2.53 bits per heavy atom. The van der Waals surface area contributed by atoms with Crippen molar-refractivity contribution in [2.45, 2.75) is 19.5 Å². The minimum Gasteiger partial charge on any atom is -0.345 e. The number of halogens is 1. The molecule has 4 aromatic rings. The Labute approximate surface area is 179 Å². The van der Waals surface area contributed by atoms with Crippen LogP contribution in [0, 0.1) is 0 Å². The Balaban J connectivity index is 1.73. The van der Waals surface area contributed by atoms with Gasteiger partial charge in [-0.2, -0.15) is 0 Å². The summed E-state index contributed by atoms with van der Waals surface area (Å²) in [7, 11) is 0. The van der Waals surface area contributed by atoms with Crippen molar-refractivity contribution < 1.29 is 4.79 Å². The zero-order chi connectivity index (χ0) is 21.1. The average molecular weight is 418 g/mol. The number of aromatic nitrogens is 2. The van der Waals surface area contributed by atoms with Crippen LogP contribution in [-0.2, 0) is 6.54 Å². The monoisotopic (exact) mass is 417 g/mol. The van der Waals surface area contributed by atoms with Crippen LogP contribution >= 0.6 is 11.6 Å². The first-order valence-corrected chi connectivity index (χ1v) is 9.99. The summed E-state index contributed by atoms with van der Waals surface area (Å²) in [6.45, 7) is 2.18. The third kappa shape index (κ3) is 4.11. The van der Waals surface area contributed by atoms with Crippen LogP contribution in [0.25, 0.3) is 11.0 Å². The average Bonchev–Trinajstić information content (AvgIpc) is 2.77. The van der Waals surface area contributed by atoms with Gasteiger partial charge in [0.2, 0.25) is 0 Å². The number of benzene rings is 2. The van der Waals surface area contributed by atoms with E-state index in [0.29, 0.717) is 17.2 Å². The molecular weight excluding hydrogens is 398 g/mol. The summed E-state index contributed by atoms with van der Waals surface area (Å²) in [4.78, 5) is 30.6. The Bertz CT molecular complexity index is 1250. The van der Waals surface area contributed by atoms with E-state index in [0.717, 1.165) is 16.5 Å². The molecule has 0 unspecified atom stereocenters. The highest BCUT2D eigenvalue weighted by Gasteiger charge is 2.18. The minimum atomic E-state index is -0.410. The van der Waals surface area contributed by atoms with E-state index in [1.165, 1.54) is 4.57 Å². The topological polar surface area (TPSA) is 64.0 Å². The van der Waals surface area contributed by atoms with Gasteiger partial charge in [0.05, 0.1) is 12.6 Å². The fourth-order valence-electron chi connectivity index (χ4n) is 3.39. The number of carbonyl (C=O) groups is 1. The molecule has 0 aliphatic heterocycles. The van der Waals surface area contributed by atoms with Crippen molar-refractivity contribution in [2.24, 2.45) is 0 Å². The van der Waals surface area contributed by atoms with Gasteiger partial charge in [-0.15, -0.1) is 0 Å². The lowest BCUT2D eigenvalue weighted by atomic mass is 10.1. The predicted octanol–water partition coefficient (Wildman–Crippen LogP) is 4.59. The quantitative estimate of drug-likeness (QED) is 0.516. The van der Waals surface area contributed by atoms with Gasteiger partial charge >= 0.3 is 0 Å². The van der Waals surface area contributed by atoms with Crippen molar-refractivity contribution in [1.82, 2.24) is 14.9 Å². The van der Waals surface area contributed by atoms with Crippen LogP contribution < -0.4 is 10.9 Å². The van der Waals surface area contributed by atoms with Gasteiger partial charge < -0.3 is 5.32 Å². The minimum absolute atomic E-state index is 0.0900. The molecule has 1 atom stereocenters. The summed E-state index contributed by atoms with van der Waals surface area (Å²) in [6.07, 6.45) is 1.64. The fourth-order valence-corrected chi connectivity index (χ4v) is 3.51. The molecule has 4 rings (SSSR count). The normalized spacial score (nSPS) is 11.9. The maximum Gasteiger partial charge on any atom is 0.265 e. The molecule has 0 bridgehead atoms. The standard InChI is InChI=1S/C24H20ClN3O2/c1-16(18-6-3-2-4-7-18)27-23(29)21-14-19-8-5-13-26-22(19)28(24(21)30)15-17-9-11-20(25)12-10-17/h2-14,16H,15H2,1H3,(H,27,29)/t16-/m1/s1. The van der Waals surface area contributed by atoms with Crippen molar-refractivity contribution in [3.63, 3.8) is 0 Å². The van der Waals surface area contributed by atoms with Gasteiger partial charge in [-0.05, 0) is 48.4 Å². The van der Waals surface area contributed by atoms with Gasteiger partial charge in [0.25, 0.3) is 11.5 Å². The molecule has 0 spiro atoms. The van der Waals surface area contributed by atoms with Crippen molar-refractivity contribution >= 4 is 28.5 Å². The summed E-state index contributed by atoms with van der Waals surface area (Å²) in [5, 5.41) is 4.27. The van der Waals surface area contributed by atoms with E-state index >= 15 is 0 Å². The van der Waals surface area contributed by atoms with Crippen LogP contribution in [0.15, 0.2) is 83.8 Å². The summed E-state index contributed by atoms with van der Waals surface area (Å²) < 4.78 is 1.53. The Hall–Kier alpha value is -3.44. The van der Waals surface area contributed by atoms with E-state index in [1.807, 2.05) is 55.5 Å². The largest absolute Gasteiger partial charge is 0.345 e. The molecule has 0 saturated heterocycles. The van der Waals surface area contributed by atoms with Crippen LogP contribution in [0.5, 0.6) is 0 Å². The first-order valence-electron chi connectivity index (χ1n) is 9.62. The van der Waals surface area contributed by atoms with Crippen LogP contribution in [0.1, 0.15) is 34.5 Å². The van der Waals surface area contributed by atoms with Crippen molar-refractivity contribution in [3.05, 3.63) is 111 Å². The molecule has 0 aliphatic rings. The maximum absolute atomic E-state index is 13.2. The molecule has 30 heavy (non-hydrogen) atoms. The highest BCUT2D eigenvalue weighted by Crippen LogP contribution is 2.16. The van der Waals surface area contributed by atoms with Gasteiger partial charge in [0, 0.05) is 16.6 Å². The summed E-state index contributed by atoms with van der Waals surface area (Å²) in [5.41, 5.74) is 2.10. The Kier molecular flexibility index (Phi) is 5.63. The van der Waals surface area contributed by atoms with Crippen molar-refractivity contribution in [3.8, 4) is 0 Å².